The zero-order valence-electron chi connectivity index (χ0n) is 18.3. The molecule has 1 fully saturated rings. The van der Waals surface area contributed by atoms with Gasteiger partial charge in [0.25, 0.3) is 0 Å². The minimum Gasteiger partial charge on any atom is -0.668 e. The number of methoxy groups -OCH3 is 1. The van der Waals surface area contributed by atoms with Gasteiger partial charge in [-0.05, 0) is 18.8 Å². The number of hydrogen-bond donors (Lipinski definition) is 0. The maximum atomic E-state index is 12.1. The van der Waals surface area contributed by atoms with Gasteiger partial charge in [-0.3, -0.25) is 8.98 Å². The molecule has 0 N–H and O–H groups in total. The van der Waals surface area contributed by atoms with Crippen molar-refractivity contribution in [3.63, 3.8) is 0 Å². The van der Waals surface area contributed by atoms with Crippen LogP contribution in [0.5, 0.6) is 0 Å². The number of carbonyl (C=O) groups is 1. The van der Waals surface area contributed by atoms with Crippen LogP contribution < -0.4 is 18.9 Å². The third kappa shape index (κ3) is 8.51. The molecular weight excluding hydrogens is 438 g/mol. The number of halogens is 3. The van der Waals surface area contributed by atoms with Crippen LogP contribution in [0.2, 0.25) is 39.3 Å². The molecular formula is C16H29F3LiNO5SSi2. The van der Waals surface area contributed by atoms with Crippen molar-refractivity contribution in [2.45, 2.75) is 63.7 Å². The third-order valence-corrected chi connectivity index (χ3v) is 10.5. The smallest absolute Gasteiger partial charge is 0.668 e. The van der Waals surface area contributed by atoms with E-state index >= 15 is 0 Å². The molecule has 0 aromatic carbocycles. The second-order valence-electron chi connectivity index (χ2n) is 9.02. The van der Waals surface area contributed by atoms with E-state index in [4.69, 9.17) is 4.65 Å². The first kappa shape index (κ1) is 28.9. The Morgan fingerprint density at radius 2 is 1.62 bits per heavy atom. The van der Waals surface area contributed by atoms with Crippen LogP contribution in [0.15, 0.2) is 12.2 Å². The Kier molecular flexibility index (Phi) is 9.55. The van der Waals surface area contributed by atoms with Crippen molar-refractivity contribution in [2.75, 3.05) is 7.11 Å². The predicted molar refractivity (Wildman–Crippen MR) is 106 cm³/mol. The van der Waals surface area contributed by atoms with Crippen molar-refractivity contribution in [3.8, 4) is 0 Å². The largest absolute Gasteiger partial charge is 1.00 e. The molecule has 0 saturated heterocycles. The normalized spacial score (nSPS) is 26.4. The summed E-state index contributed by atoms with van der Waals surface area (Å²) in [6.07, 6.45) is 1.83. The SMILES string of the molecule is COC(=O)C12C=CC(OS(=O)(=O)C(F)(F)F)CC1C2.C[Si](C)(C)[N-][Si](C)(C)C.[Li+]. The first-order valence-corrected chi connectivity index (χ1v) is 17.1. The molecule has 0 aromatic rings. The van der Waals surface area contributed by atoms with Crippen LogP contribution in [0, 0.1) is 11.3 Å². The van der Waals surface area contributed by atoms with Crippen molar-refractivity contribution in [3.05, 3.63) is 16.8 Å². The summed E-state index contributed by atoms with van der Waals surface area (Å²) in [5, 5.41) is 0. The maximum Gasteiger partial charge on any atom is 1.00 e. The van der Waals surface area contributed by atoms with E-state index in [1.807, 2.05) is 0 Å². The molecule has 0 heterocycles. The minimum atomic E-state index is -5.62. The monoisotopic (exact) mass is 467 g/mol. The molecule has 0 amide bonds. The predicted octanol–water partition coefficient (Wildman–Crippen LogP) is 1.39. The van der Waals surface area contributed by atoms with Crippen molar-refractivity contribution >= 4 is 32.6 Å². The number of alkyl halides is 3. The second-order valence-corrected chi connectivity index (χ2v) is 20.2. The Labute approximate surface area is 185 Å². The molecule has 3 unspecified atom stereocenters. The van der Waals surface area contributed by atoms with Gasteiger partial charge in [0.15, 0.2) is 0 Å². The Balaban J connectivity index is 0.000000672. The van der Waals surface area contributed by atoms with Gasteiger partial charge in [0.2, 0.25) is 0 Å². The van der Waals surface area contributed by atoms with E-state index in [-0.39, 0.29) is 31.2 Å². The number of hydrogen-bond acceptors (Lipinski definition) is 5. The molecule has 29 heavy (non-hydrogen) atoms. The number of ether oxygens (including phenoxy) is 1. The van der Waals surface area contributed by atoms with Crippen molar-refractivity contribution in [2.24, 2.45) is 11.3 Å². The van der Waals surface area contributed by atoms with Gasteiger partial charge in [-0.2, -0.15) is 21.6 Å². The average Bonchev–Trinajstić information content (AvgIpc) is 3.16. The fourth-order valence-corrected chi connectivity index (χ4v) is 11.9. The molecule has 6 nitrogen and oxygen atoms in total. The molecule has 3 atom stereocenters. The van der Waals surface area contributed by atoms with Crippen molar-refractivity contribution in [1.29, 1.82) is 0 Å². The standard InChI is InChI=1S/C10H11F3O5S.C6H18NSi2.Li/c1-17-8(14)9-3-2-7(4-6(9)5-9)18-19(15,16)10(11,12)13;1-8(2,3)7-9(4,5)6;/h2-3,6-7H,4-5H2,1H3;1-6H3;/q;-1;+1. The molecule has 0 aliphatic heterocycles. The van der Waals surface area contributed by atoms with Gasteiger partial charge in [-0.1, -0.05) is 67.9 Å². The van der Waals surface area contributed by atoms with E-state index in [9.17, 15) is 26.4 Å². The van der Waals surface area contributed by atoms with E-state index in [1.165, 1.54) is 19.3 Å². The number of carbonyl (C=O) groups excluding carboxylic acids is 1. The van der Waals surface area contributed by atoms with Gasteiger partial charge < -0.3 is 9.38 Å². The second kappa shape index (κ2) is 9.58. The van der Waals surface area contributed by atoms with Gasteiger partial charge in [0.1, 0.15) is 0 Å². The fraction of sp³-hybridized carbons (Fsp3) is 0.812. The molecule has 13 heteroatoms. The zero-order chi connectivity index (χ0) is 22.2. The molecule has 1 saturated carbocycles. The summed E-state index contributed by atoms with van der Waals surface area (Å²) in [6, 6.07) is 0. The van der Waals surface area contributed by atoms with Crippen molar-refractivity contribution < 1.29 is 54.2 Å². The first-order valence-electron chi connectivity index (χ1n) is 8.84. The van der Waals surface area contributed by atoms with Crippen LogP contribution in [0.3, 0.4) is 0 Å². The molecule has 2 aliphatic carbocycles. The van der Waals surface area contributed by atoms with E-state index in [0.717, 1.165) is 0 Å². The maximum absolute atomic E-state index is 12.1. The molecule has 0 radical (unpaired) electrons. The van der Waals surface area contributed by atoms with Gasteiger partial charge in [0.05, 0.1) is 18.6 Å². The molecule has 164 valence electrons. The minimum absolute atomic E-state index is 0. The van der Waals surface area contributed by atoms with Gasteiger partial charge >= 0.3 is 40.5 Å². The summed E-state index contributed by atoms with van der Waals surface area (Å²) >= 11 is 0. The van der Waals surface area contributed by atoms with Gasteiger partial charge in [0, 0.05) is 0 Å². The van der Waals surface area contributed by atoms with Crippen LogP contribution >= 0.6 is 0 Å². The van der Waals surface area contributed by atoms with E-state index < -0.39 is 49.6 Å². The molecule has 2 rings (SSSR count). The van der Waals surface area contributed by atoms with Crippen LogP contribution in [-0.4, -0.2) is 49.6 Å². The first-order chi connectivity index (χ1) is 12.3. The van der Waals surface area contributed by atoms with Crippen LogP contribution in [0.1, 0.15) is 12.8 Å². The Morgan fingerprint density at radius 3 is 1.93 bits per heavy atom. The van der Waals surface area contributed by atoms with Crippen LogP contribution in [0.4, 0.5) is 13.2 Å². The third-order valence-electron chi connectivity index (χ3n) is 4.05. The van der Waals surface area contributed by atoms with Gasteiger partial charge in [-0.15, -0.1) is 0 Å². The molecule has 0 aromatic heterocycles. The quantitative estimate of drug-likeness (QED) is 0.201. The number of rotatable bonds is 5. The van der Waals surface area contributed by atoms with E-state index in [1.54, 1.807) is 0 Å². The molecule has 0 bridgehead atoms. The number of fused-ring (bicyclic) bond motifs is 1. The summed E-state index contributed by atoms with van der Waals surface area (Å²) in [5.74, 6) is -0.704. The summed E-state index contributed by atoms with van der Waals surface area (Å²) in [5.41, 5.74) is -6.25. The van der Waals surface area contributed by atoms with E-state index in [2.05, 4.69) is 48.2 Å². The summed E-state index contributed by atoms with van der Waals surface area (Å²) in [4.78, 5) is 11.5. The summed E-state index contributed by atoms with van der Waals surface area (Å²) in [7, 11) is -6.61. The number of esters is 1. The zero-order valence-corrected chi connectivity index (χ0v) is 21.1. The van der Waals surface area contributed by atoms with E-state index in [0.29, 0.717) is 6.42 Å². The fourth-order valence-electron chi connectivity index (χ4n) is 3.29. The van der Waals surface area contributed by atoms with Gasteiger partial charge in [-0.25, -0.2) is 0 Å². The molecule has 0 spiro atoms. The van der Waals surface area contributed by atoms with Crippen molar-refractivity contribution in [1.82, 2.24) is 0 Å². The molecule has 2 aliphatic rings. The number of nitrogens with zero attached hydrogens (tertiary/aromatic N) is 1. The average molecular weight is 468 g/mol. The topological polar surface area (TPSA) is 83.8 Å². The Hall–Kier alpha value is -0.0988. The summed E-state index contributed by atoms with van der Waals surface area (Å²) < 4.78 is 71.6. The van der Waals surface area contributed by atoms with Crippen LogP contribution in [-0.2, 0) is 23.8 Å². The Morgan fingerprint density at radius 1 is 1.14 bits per heavy atom. The Bertz CT molecular complexity index is 708. The van der Waals surface area contributed by atoms with Crippen LogP contribution in [0.25, 0.3) is 4.65 Å². The summed E-state index contributed by atoms with van der Waals surface area (Å²) in [6.45, 7) is 13.8.